The van der Waals surface area contributed by atoms with Crippen molar-refractivity contribution in [2.75, 3.05) is 5.32 Å². The van der Waals surface area contributed by atoms with E-state index in [2.05, 4.69) is 34.3 Å². The van der Waals surface area contributed by atoms with Gasteiger partial charge in [0, 0.05) is 22.1 Å². The quantitative estimate of drug-likeness (QED) is 0.842. The molecule has 1 aromatic carbocycles. The molecule has 88 valence electrons. The van der Waals surface area contributed by atoms with E-state index in [-0.39, 0.29) is 0 Å². The predicted molar refractivity (Wildman–Crippen MR) is 75.2 cm³/mol. The lowest BCUT2D eigenvalue weighted by atomic mass is 9.76. The highest BCUT2D eigenvalue weighted by atomic mass is 35.5. The summed E-state index contributed by atoms with van der Waals surface area (Å²) in [7, 11) is 0. The fourth-order valence-corrected chi connectivity index (χ4v) is 3.05. The maximum Gasteiger partial charge on any atom is 0.0450 e. The van der Waals surface area contributed by atoms with E-state index in [9.17, 15) is 0 Å². The number of hydrogen-bond donors (Lipinski definition) is 1. The van der Waals surface area contributed by atoms with Crippen molar-refractivity contribution < 1.29 is 0 Å². The first kappa shape index (κ1) is 11.1. The van der Waals surface area contributed by atoms with Crippen LogP contribution in [0.3, 0.4) is 0 Å². The van der Waals surface area contributed by atoms with Crippen LogP contribution < -0.4 is 5.32 Å². The molecule has 0 aliphatic heterocycles. The van der Waals surface area contributed by atoms with Crippen LogP contribution in [0, 0.1) is 0 Å². The molecule has 3 rings (SSSR count). The summed E-state index contributed by atoms with van der Waals surface area (Å²) in [6.45, 7) is 0. The average molecular weight is 264 g/mol. The van der Waals surface area contributed by atoms with Crippen molar-refractivity contribution in [1.29, 1.82) is 0 Å². The minimum absolute atomic E-state index is 0.630. The first-order valence-corrected chi connectivity index (χ1v) is 7.17. The Morgan fingerprint density at radius 1 is 1.12 bits per heavy atom. The number of anilines is 1. The fourth-order valence-electron chi connectivity index (χ4n) is 2.33. The third kappa shape index (κ3) is 2.48. The minimum Gasteiger partial charge on any atom is -0.382 e. The normalized spacial score (nSPS) is 23.1. The summed E-state index contributed by atoms with van der Waals surface area (Å²) in [5.74, 6) is 0.698. The van der Waals surface area contributed by atoms with E-state index in [0.29, 0.717) is 12.0 Å². The van der Waals surface area contributed by atoms with Gasteiger partial charge in [0.15, 0.2) is 0 Å². The van der Waals surface area contributed by atoms with Gasteiger partial charge in [0.2, 0.25) is 0 Å². The van der Waals surface area contributed by atoms with Gasteiger partial charge in [-0.1, -0.05) is 23.7 Å². The topological polar surface area (TPSA) is 12.0 Å². The van der Waals surface area contributed by atoms with E-state index in [0.717, 1.165) is 5.02 Å². The van der Waals surface area contributed by atoms with Crippen LogP contribution in [0.25, 0.3) is 0 Å². The molecular weight excluding hydrogens is 250 g/mol. The van der Waals surface area contributed by atoms with E-state index in [1.807, 2.05) is 12.1 Å². The summed E-state index contributed by atoms with van der Waals surface area (Å²) >= 11 is 7.63. The second-order valence-corrected chi connectivity index (χ2v) is 5.79. The van der Waals surface area contributed by atoms with Gasteiger partial charge >= 0.3 is 0 Å². The molecule has 0 atom stereocenters. The number of benzene rings is 1. The Morgan fingerprint density at radius 3 is 2.53 bits per heavy atom. The van der Waals surface area contributed by atoms with Crippen molar-refractivity contribution in [2.45, 2.75) is 24.8 Å². The summed E-state index contributed by atoms with van der Waals surface area (Å²) in [5.41, 5.74) is 2.67. The smallest absolute Gasteiger partial charge is 0.0450 e. The van der Waals surface area contributed by atoms with Crippen molar-refractivity contribution >= 4 is 28.6 Å². The van der Waals surface area contributed by atoms with Gasteiger partial charge in [-0.05, 0) is 47.9 Å². The van der Waals surface area contributed by atoms with Crippen LogP contribution in [0.1, 0.15) is 24.3 Å². The lowest BCUT2D eigenvalue weighted by Crippen LogP contribution is -2.33. The fraction of sp³-hybridized carbons (Fsp3) is 0.286. The molecule has 0 unspecified atom stereocenters. The molecule has 1 N–H and O–H groups in total. The molecule has 1 heterocycles. The van der Waals surface area contributed by atoms with Gasteiger partial charge in [0.05, 0.1) is 0 Å². The molecule has 0 bridgehead atoms. The molecule has 1 aliphatic carbocycles. The SMILES string of the molecule is Clc1ccc(C2CC(Nc3ccsc3)C2)cc1. The van der Waals surface area contributed by atoms with Crippen LogP contribution in [0.15, 0.2) is 41.1 Å². The van der Waals surface area contributed by atoms with Gasteiger partial charge in [0.1, 0.15) is 0 Å². The molecule has 1 nitrogen and oxygen atoms in total. The lowest BCUT2D eigenvalue weighted by molar-refractivity contribution is 0.374. The van der Waals surface area contributed by atoms with Crippen LogP contribution in [-0.4, -0.2) is 6.04 Å². The summed E-state index contributed by atoms with van der Waals surface area (Å²) in [4.78, 5) is 0. The molecule has 1 fully saturated rings. The summed E-state index contributed by atoms with van der Waals surface area (Å²) < 4.78 is 0. The van der Waals surface area contributed by atoms with E-state index in [4.69, 9.17) is 11.6 Å². The largest absolute Gasteiger partial charge is 0.382 e. The number of hydrogen-bond acceptors (Lipinski definition) is 2. The van der Waals surface area contributed by atoms with Crippen molar-refractivity contribution in [1.82, 2.24) is 0 Å². The molecule has 1 aliphatic rings. The van der Waals surface area contributed by atoms with Crippen LogP contribution in [0.2, 0.25) is 5.02 Å². The Hall–Kier alpha value is -0.990. The van der Waals surface area contributed by atoms with Gasteiger partial charge in [-0.2, -0.15) is 11.3 Å². The van der Waals surface area contributed by atoms with E-state index >= 15 is 0 Å². The average Bonchev–Trinajstić information content (AvgIpc) is 2.77. The van der Waals surface area contributed by atoms with E-state index in [1.54, 1.807) is 11.3 Å². The predicted octanol–water partition coefficient (Wildman–Crippen LogP) is 4.76. The molecule has 0 saturated heterocycles. The van der Waals surface area contributed by atoms with Crippen LogP contribution in [0.5, 0.6) is 0 Å². The first-order chi connectivity index (χ1) is 8.31. The van der Waals surface area contributed by atoms with E-state index in [1.165, 1.54) is 24.1 Å². The summed E-state index contributed by atoms with van der Waals surface area (Å²) in [6, 6.07) is 11.0. The second-order valence-electron chi connectivity index (χ2n) is 4.57. The number of halogens is 1. The van der Waals surface area contributed by atoms with Crippen molar-refractivity contribution in [3.8, 4) is 0 Å². The zero-order valence-corrected chi connectivity index (χ0v) is 11.0. The molecule has 2 aromatic rings. The van der Waals surface area contributed by atoms with Crippen LogP contribution >= 0.6 is 22.9 Å². The lowest BCUT2D eigenvalue weighted by Gasteiger charge is -2.36. The molecule has 17 heavy (non-hydrogen) atoms. The molecule has 0 spiro atoms. The third-order valence-electron chi connectivity index (χ3n) is 3.37. The summed E-state index contributed by atoms with van der Waals surface area (Å²) in [6.07, 6.45) is 2.44. The van der Waals surface area contributed by atoms with Crippen LogP contribution in [0.4, 0.5) is 5.69 Å². The van der Waals surface area contributed by atoms with Crippen molar-refractivity contribution in [2.24, 2.45) is 0 Å². The standard InChI is InChI=1S/C14H14ClNS/c15-12-3-1-10(2-4-12)11-7-14(8-11)16-13-5-6-17-9-13/h1-6,9,11,14,16H,7-8H2. The Kier molecular flexibility index (Phi) is 3.08. The van der Waals surface area contributed by atoms with Crippen LogP contribution in [-0.2, 0) is 0 Å². The van der Waals surface area contributed by atoms with Gasteiger partial charge in [-0.3, -0.25) is 0 Å². The second kappa shape index (κ2) is 4.71. The Balaban J connectivity index is 1.56. The Morgan fingerprint density at radius 2 is 1.88 bits per heavy atom. The van der Waals surface area contributed by atoms with Crippen molar-refractivity contribution in [3.63, 3.8) is 0 Å². The Bertz CT molecular complexity index is 471. The number of thiophene rings is 1. The van der Waals surface area contributed by atoms with Crippen molar-refractivity contribution in [3.05, 3.63) is 51.7 Å². The molecular formula is C14H14ClNS. The van der Waals surface area contributed by atoms with Gasteiger partial charge < -0.3 is 5.32 Å². The van der Waals surface area contributed by atoms with Gasteiger partial charge in [-0.25, -0.2) is 0 Å². The highest BCUT2D eigenvalue weighted by molar-refractivity contribution is 7.08. The Labute approximate surface area is 110 Å². The molecule has 1 saturated carbocycles. The maximum absolute atomic E-state index is 5.89. The molecule has 3 heteroatoms. The first-order valence-electron chi connectivity index (χ1n) is 5.85. The number of nitrogens with one attached hydrogen (secondary N) is 1. The van der Waals surface area contributed by atoms with Gasteiger partial charge in [0.25, 0.3) is 0 Å². The zero-order valence-electron chi connectivity index (χ0n) is 9.40. The third-order valence-corrected chi connectivity index (χ3v) is 4.31. The molecule has 0 amide bonds. The molecule has 1 aromatic heterocycles. The highest BCUT2D eigenvalue weighted by Gasteiger charge is 2.30. The highest BCUT2D eigenvalue weighted by Crippen LogP contribution is 2.38. The monoisotopic (exact) mass is 263 g/mol. The number of rotatable bonds is 3. The minimum atomic E-state index is 0.630. The molecule has 0 radical (unpaired) electrons. The summed E-state index contributed by atoms with van der Waals surface area (Å²) in [5, 5.41) is 8.65. The van der Waals surface area contributed by atoms with Gasteiger partial charge in [-0.15, -0.1) is 0 Å². The zero-order chi connectivity index (χ0) is 11.7. The maximum atomic E-state index is 5.89. The van der Waals surface area contributed by atoms with E-state index < -0.39 is 0 Å².